The van der Waals surface area contributed by atoms with Crippen molar-refractivity contribution in [1.82, 2.24) is 9.97 Å². The molecule has 0 fully saturated rings. The summed E-state index contributed by atoms with van der Waals surface area (Å²) in [4.78, 5) is 7.49. The average Bonchev–Trinajstić information content (AvgIpc) is 3.12. The van der Waals surface area contributed by atoms with Crippen LogP contribution in [0.2, 0.25) is 0 Å². The van der Waals surface area contributed by atoms with Crippen LogP contribution in [-0.2, 0) is 6.54 Å². The van der Waals surface area contributed by atoms with E-state index in [0.717, 1.165) is 22.3 Å². The second kappa shape index (κ2) is 6.32. The van der Waals surface area contributed by atoms with Crippen LogP contribution in [0.4, 0.5) is 5.69 Å². The van der Waals surface area contributed by atoms with E-state index in [2.05, 4.69) is 45.6 Å². The minimum Gasteiger partial charge on any atom is -0.508 e. The highest BCUT2D eigenvalue weighted by atomic mass is 16.3. The predicted octanol–water partition coefficient (Wildman–Crippen LogP) is 4.86. The van der Waals surface area contributed by atoms with Gasteiger partial charge in [0.2, 0.25) is 0 Å². The van der Waals surface area contributed by atoms with Gasteiger partial charge in [0.15, 0.2) is 0 Å². The third-order valence-corrected chi connectivity index (χ3v) is 4.51. The Kier molecular flexibility index (Phi) is 3.86. The van der Waals surface area contributed by atoms with E-state index in [9.17, 15) is 5.11 Å². The summed E-state index contributed by atoms with van der Waals surface area (Å²) in [6.07, 6.45) is 3.74. The summed E-state index contributed by atoms with van der Waals surface area (Å²) in [5, 5.41) is 14.3. The second-order valence-corrected chi connectivity index (χ2v) is 6.10. The van der Waals surface area contributed by atoms with Gasteiger partial charge in [-0.05, 0) is 47.9 Å². The zero-order valence-corrected chi connectivity index (χ0v) is 14.0. The molecule has 2 heterocycles. The smallest absolute Gasteiger partial charge is 0.137 e. The van der Waals surface area contributed by atoms with Gasteiger partial charge in [0.1, 0.15) is 11.4 Å². The van der Waals surface area contributed by atoms with Gasteiger partial charge in [-0.15, -0.1) is 0 Å². The summed E-state index contributed by atoms with van der Waals surface area (Å²) in [7, 11) is 0. The standard InChI is InChI=1S/C21H19N3O/c1-14-19(3-2-4-20(14)25)24-13-15-5-7-16(8-6-15)17-9-11-22-21-18(17)10-12-23-21/h2-12,24-25H,13H2,1H3,(H,22,23). The van der Waals surface area contributed by atoms with Gasteiger partial charge >= 0.3 is 0 Å². The van der Waals surface area contributed by atoms with Crippen molar-refractivity contribution < 1.29 is 5.11 Å². The van der Waals surface area contributed by atoms with Gasteiger partial charge in [-0.25, -0.2) is 4.98 Å². The number of aromatic hydroxyl groups is 1. The van der Waals surface area contributed by atoms with Crippen LogP contribution in [0.5, 0.6) is 5.75 Å². The lowest BCUT2D eigenvalue weighted by atomic mass is 10.0. The molecular weight excluding hydrogens is 310 g/mol. The van der Waals surface area contributed by atoms with E-state index in [0.29, 0.717) is 12.3 Å². The van der Waals surface area contributed by atoms with Crippen LogP contribution < -0.4 is 5.32 Å². The van der Waals surface area contributed by atoms with Gasteiger partial charge in [-0.3, -0.25) is 0 Å². The lowest BCUT2D eigenvalue weighted by Gasteiger charge is -2.11. The van der Waals surface area contributed by atoms with Gasteiger partial charge in [0.25, 0.3) is 0 Å². The molecule has 4 aromatic rings. The van der Waals surface area contributed by atoms with Gasteiger partial charge in [-0.2, -0.15) is 0 Å². The molecule has 0 unspecified atom stereocenters. The number of H-pyrrole nitrogens is 1. The van der Waals surface area contributed by atoms with Crippen molar-refractivity contribution in [2.45, 2.75) is 13.5 Å². The molecule has 0 spiro atoms. The number of benzene rings is 2. The predicted molar refractivity (Wildman–Crippen MR) is 102 cm³/mol. The molecule has 2 aromatic carbocycles. The molecule has 3 N–H and O–H groups in total. The Morgan fingerprint density at radius 2 is 1.88 bits per heavy atom. The highest BCUT2D eigenvalue weighted by molar-refractivity contribution is 5.92. The third-order valence-electron chi connectivity index (χ3n) is 4.51. The van der Waals surface area contributed by atoms with E-state index in [1.165, 1.54) is 16.7 Å². The molecule has 4 heteroatoms. The highest BCUT2D eigenvalue weighted by Crippen LogP contribution is 2.28. The fourth-order valence-corrected chi connectivity index (χ4v) is 3.03. The lowest BCUT2D eigenvalue weighted by molar-refractivity contribution is 0.471. The number of phenols is 1. The number of anilines is 1. The van der Waals surface area contributed by atoms with Crippen LogP contribution in [-0.4, -0.2) is 15.1 Å². The number of pyridine rings is 1. The number of aromatic amines is 1. The first-order chi connectivity index (χ1) is 12.2. The van der Waals surface area contributed by atoms with Crippen LogP contribution in [0.1, 0.15) is 11.1 Å². The van der Waals surface area contributed by atoms with Crippen molar-refractivity contribution in [3.8, 4) is 16.9 Å². The van der Waals surface area contributed by atoms with Crippen LogP contribution in [0.25, 0.3) is 22.2 Å². The zero-order valence-electron chi connectivity index (χ0n) is 14.0. The van der Waals surface area contributed by atoms with Crippen LogP contribution in [0, 0.1) is 6.92 Å². The number of hydrogen-bond acceptors (Lipinski definition) is 3. The third kappa shape index (κ3) is 2.94. The molecule has 2 aromatic heterocycles. The van der Waals surface area contributed by atoms with Crippen molar-refractivity contribution in [3.05, 3.63) is 78.1 Å². The first kappa shape index (κ1) is 15.3. The summed E-state index contributed by atoms with van der Waals surface area (Å²) >= 11 is 0. The second-order valence-electron chi connectivity index (χ2n) is 6.10. The summed E-state index contributed by atoms with van der Waals surface area (Å²) in [5.74, 6) is 0.313. The Hall–Kier alpha value is -3.27. The number of hydrogen-bond donors (Lipinski definition) is 3. The normalized spacial score (nSPS) is 10.9. The molecular formula is C21H19N3O. The molecule has 4 nitrogen and oxygen atoms in total. The van der Waals surface area contributed by atoms with Gasteiger partial charge in [0.05, 0.1) is 0 Å². The van der Waals surface area contributed by atoms with E-state index in [4.69, 9.17) is 0 Å². The number of nitrogens with zero attached hydrogens (tertiary/aromatic N) is 1. The quantitative estimate of drug-likeness (QED) is 0.501. The minimum absolute atomic E-state index is 0.313. The van der Waals surface area contributed by atoms with Crippen molar-refractivity contribution in [3.63, 3.8) is 0 Å². The fraction of sp³-hybridized carbons (Fsp3) is 0.0952. The molecule has 0 amide bonds. The maximum Gasteiger partial charge on any atom is 0.137 e. The van der Waals surface area contributed by atoms with Crippen LogP contribution >= 0.6 is 0 Å². The molecule has 0 saturated heterocycles. The number of aromatic nitrogens is 2. The molecule has 124 valence electrons. The number of nitrogens with one attached hydrogen (secondary N) is 2. The SMILES string of the molecule is Cc1c(O)cccc1NCc1ccc(-c2ccnc3[nH]ccc23)cc1. The van der Waals surface area contributed by atoms with Gasteiger partial charge in [-0.1, -0.05) is 30.3 Å². The minimum atomic E-state index is 0.313. The highest BCUT2D eigenvalue weighted by Gasteiger charge is 2.06. The van der Waals surface area contributed by atoms with Crippen molar-refractivity contribution in [2.24, 2.45) is 0 Å². The molecule has 25 heavy (non-hydrogen) atoms. The first-order valence-corrected chi connectivity index (χ1v) is 8.26. The van der Waals surface area contributed by atoms with E-state index in [1.54, 1.807) is 6.07 Å². The summed E-state index contributed by atoms with van der Waals surface area (Å²) in [6.45, 7) is 2.62. The van der Waals surface area contributed by atoms with E-state index < -0.39 is 0 Å². The Morgan fingerprint density at radius 1 is 1.04 bits per heavy atom. The number of fused-ring (bicyclic) bond motifs is 1. The molecule has 0 bridgehead atoms. The molecule has 4 rings (SSSR count). The maximum absolute atomic E-state index is 9.78. The zero-order chi connectivity index (χ0) is 17.2. The average molecular weight is 329 g/mol. The summed E-state index contributed by atoms with van der Waals surface area (Å²) < 4.78 is 0. The monoisotopic (exact) mass is 329 g/mol. The Balaban J connectivity index is 1.54. The van der Waals surface area contributed by atoms with Crippen molar-refractivity contribution in [2.75, 3.05) is 5.32 Å². The molecule has 0 aliphatic rings. The summed E-state index contributed by atoms with van der Waals surface area (Å²) in [6, 6.07) is 18.1. The molecule has 0 atom stereocenters. The number of rotatable bonds is 4. The van der Waals surface area contributed by atoms with Crippen molar-refractivity contribution >= 4 is 16.7 Å². The topological polar surface area (TPSA) is 60.9 Å². The molecule has 0 radical (unpaired) electrons. The van der Waals surface area contributed by atoms with E-state index in [1.807, 2.05) is 37.5 Å². The van der Waals surface area contributed by atoms with Crippen LogP contribution in [0.3, 0.4) is 0 Å². The summed E-state index contributed by atoms with van der Waals surface area (Å²) in [5.41, 5.74) is 6.25. The lowest BCUT2D eigenvalue weighted by Crippen LogP contribution is -2.00. The maximum atomic E-state index is 9.78. The first-order valence-electron chi connectivity index (χ1n) is 8.26. The van der Waals surface area contributed by atoms with Gasteiger partial charge < -0.3 is 15.4 Å². The molecule has 0 aliphatic carbocycles. The molecule has 0 saturated carbocycles. The molecule has 0 aliphatic heterocycles. The Bertz CT molecular complexity index is 1020. The van der Waals surface area contributed by atoms with E-state index in [-0.39, 0.29) is 0 Å². The van der Waals surface area contributed by atoms with Crippen molar-refractivity contribution in [1.29, 1.82) is 0 Å². The van der Waals surface area contributed by atoms with E-state index >= 15 is 0 Å². The largest absolute Gasteiger partial charge is 0.508 e. The van der Waals surface area contributed by atoms with Gasteiger partial charge in [0, 0.05) is 35.6 Å². The number of phenolic OH excluding ortho intramolecular Hbond substituents is 1. The Morgan fingerprint density at radius 3 is 2.72 bits per heavy atom. The van der Waals surface area contributed by atoms with Crippen LogP contribution in [0.15, 0.2) is 67.0 Å². The fourth-order valence-electron chi connectivity index (χ4n) is 3.03. The Labute approximate surface area is 146 Å².